The average Bonchev–Trinajstić information content (AvgIpc) is 2.77. The summed E-state index contributed by atoms with van der Waals surface area (Å²) in [6.45, 7) is 8.75. The molecule has 0 radical (unpaired) electrons. The number of unbranched alkanes of at least 4 members (excludes halogenated alkanes) is 1. The van der Waals surface area contributed by atoms with Gasteiger partial charge in [-0.15, -0.1) is 0 Å². The Labute approximate surface area is 207 Å². The van der Waals surface area contributed by atoms with E-state index in [1.54, 1.807) is 32.9 Å². The van der Waals surface area contributed by atoms with Crippen LogP contribution in [0, 0.1) is 0 Å². The second-order valence-electron chi connectivity index (χ2n) is 9.27. The number of primary amides is 1. The molecule has 2 atom stereocenters. The normalized spacial score (nSPS) is 12.9. The van der Waals surface area contributed by atoms with Gasteiger partial charge in [0.05, 0.1) is 13.0 Å². The minimum absolute atomic E-state index is 0.203. The van der Waals surface area contributed by atoms with Crippen LogP contribution in [-0.2, 0) is 25.5 Å². The maximum Gasteiger partial charge on any atom is 0.408 e. The molecule has 0 fully saturated rings. The number of amides is 4. The van der Waals surface area contributed by atoms with Crippen molar-refractivity contribution in [2.24, 2.45) is 5.73 Å². The number of hydrogen-bond acceptors (Lipinski definition) is 6. The van der Waals surface area contributed by atoms with E-state index in [0.717, 1.165) is 29.7 Å². The third-order valence-corrected chi connectivity index (χ3v) is 5.11. The lowest BCUT2D eigenvalue weighted by atomic mass is 10.00. The van der Waals surface area contributed by atoms with E-state index in [2.05, 4.69) is 10.6 Å². The van der Waals surface area contributed by atoms with Crippen molar-refractivity contribution in [2.75, 3.05) is 19.7 Å². The van der Waals surface area contributed by atoms with Crippen molar-refractivity contribution in [3.63, 3.8) is 0 Å². The number of benzene rings is 1. The molecule has 0 saturated heterocycles. The Morgan fingerprint density at radius 3 is 2.23 bits per heavy atom. The second kappa shape index (κ2) is 14.3. The van der Waals surface area contributed by atoms with E-state index in [9.17, 15) is 24.3 Å². The Morgan fingerprint density at radius 2 is 1.74 bits per heavy atom. The molecule has 0 aliphatic carbocycles. The van der Waals surface area contributed by atoms with Crippen LogP contribution in [0.3, 0.4) is 0 Å². The van der Waals surface area contributed by atoms with Crippen LogP contribution >= 0.6 is 0 Å². The quantitative estimate of drug-likeness (QED) is 0.308. The van der Waals surface area contributed by atoms with E-state index in [4.69, 9.17) is 10.5 Å². The van der Waals surface area contributed by atoms with Gasteiger partial charge in [-0.25, -0.2) is 4.79 Å². The first kappa shape index (κ1) is 29.9. The van der Waals surface area contributed by atoms with Crippen LogP contribution < -0.4 is 16.4 Å². The van der Waals surface area contributed by atoms with Gasteiger partial charge in [0.15, 0.2) is 0 Å². The first-order valence-corrected chi connectivity index (χ1v) is 12.0. The third kappa shape index (κ3) is 10.3. The number of aryl methyl sites for hydroxylation is 1. The Balaban J connectivity index is 3.38. The summed E-state index contributed by atoms with van der Waals surface area (Å²) in [5.41, 5.74) is 6.09. The van der Waals surface area contributed by atoms with Gasteiger partial charge in [0, 0.05) is 13.1 Å². The van der Waals surface area contributed by atoms with Crippen LogP contribution in [-0.4, -0.2) is 65.2 Å². The van der Waals surface area contributed by atoms with Gasteiger partial charge in [-0.3, -0.25) is 14.4 Å². The number of ether oxygens (including phenoxy) is 1. The summed E-state index contributed by atoms with van der Waals surface area (Å²) >= 11 is 0. The van der Waals surface area contributed by atoms with E-state index in [1.165, 1.54) is 0 Å². The summed E-state index contributed by atoms with van der Waals surface area (Å²) < 4.78 is 5.22. The van der Waals surface area contributed by atoms with Crippen molar-refractivity contribution < 1.29 is 29.0 Å². The first-order chi connectivity index (χ1) is 16.4. The predicted molar refractivity (Wildman–Crippen MR) is 132 cm³/mol. The van der Waals surface area contributed by atoms with Gasteiger partial charge in [-0.05, 0) is 44.7 Å². The molecule has 35 heavy (non-hydrogen) atoms. The lowest BCUT2D eigenvalue weighted by molar-refractivity contribution is -0.143. The molecule has 196 valence electrons. The van der Waals surface area contributed by atoms with Crippen LogP contribution in [0.4, 0.5) is 4.79 Å². The third-order valence-electron chi connectivity index (χ3n) is 5.11. The van der Waals surface area contributed by atoms with Crippen LogP contribution in [0.2, 0.25) is 0 Å². The van der Waals surface area contributed by atoms with E-state index in [0.29, 0.717) is 12.1 Å². The number of nitrogens with one attached hydrogen (secondary N) is 2. The number of nitrogens with two attached hydrogens (primary N) is 1. The Morgan fingerprint density at radius 1 is 1.11 bits per heavy atom. The van der Waals surface area contributed by atoms with Gasteiger partial charge in [0.25, 0.3) is 0 Å². The number of aliphatic hydroxyl groups excluding tert-OH is 1. The molecule has 0 aliphatic rings. The van der Waals surface area contributed by atoms with Crippen molar-refractivity contribution >= 4 is 23.8 Å². The molecular weight excluding hydrogens is 452 g/mol. The van der Waals surface area contributed by atoms with Crippen LogP contribution in [0.15, 0.2) is 24.3 Å². The largest absolute Gasteiger partial charge is 0.444 e. The highest BCUT2D eigenvalue weighted by Gasteiger charge is 2.36. The van der Waals surface area contributed by atoms with Gasteiger partial charge in [0.2, 0.25) is 17.7 Å². The van der Waals surface area contributed by atoms with Crippen molar-refractivity contribution in [2.45, 2.75) is 78.0 Å². The number of aliphatic hydroxyl groups is 1. The summed E-state index contributed by atoms with van der Waals surface area (Å²) in [5.74, 6) is -1.99. The number of hydrogen-bond donors (Lipinski definition) is 4. The lowest BCUT2D eigenvalue weighted by Gasteiger charge is -2.34. The molecule has 10 nitrogen and oxygen atoms in total. The number of carbonyl (C=O) groups is 4. The predicted octanol–water partition coefficient (Wildman–Crippen LogP) is 1.80. The maximum atomic E-state index is 13.6. The molecule has 0 spiro atoms. The van der Waals surface area contributed by atoms with E-state index in [-0.39, 0.29) is 6.54 Å². The molecule has 1 aromatic carbocycles. The fourth-order valence-corrected chi connectivity index (χ4v) is 3.42. The molecule has 0 saturated carbocycles. The molecule has 0 heterocycles. The monoisotopic (exact) mass is 492 g/mol. The molecule has 0 bridgehead atoms. The average molecular weight is 493 g/mol. The van der Waals surface area contributed by atoms with Crippen molar-refractivity contribution in [1.82, 2.24) is 15.5 Å². The van der Waals surface area contributed by atoms with Gasteiger partial charge >= 0.3 is 6.09 Å². The van der Waals surface area contributed by atoms with Crippen molar-refractivity contribution in [3.8, 4) is 0 Å². The summed E-state index contributed by atoms with van der Waals surface area (Å²) in [6, 6.07) is 4.77. The van der Waals surface area contributed by atoms with Gasteiger partial charge in [-0.2, -0.15) is 0 Å². The minimum atomic E-state index is -1.38. The fourth-order valence-electron chi connectivity index (χ4n) is 3.42. The van der Waals surface area contributed by atoms with Crippen molar-refractivity contribution in [3.05, 3.63) is 35.4 Å². The smallest absolute Gasteiger partial charge is 0.408 e. The molecule has 10 heteroatoms. The van der Waals surface area contributed by atoms with Crippen molar-refractivity contribution in [1.29, 1.82) is 0 Å². The number of nitrogens with zero attached hydrogens (tertiary/aromatic N) is 1. The molecule has 4 amide bonds. The highest BCUT2D eigenvalue weighted by Crippen LogP contribution is 2.24. The maximum absolute atomic E-state index is 13.6. The van der Waals surface area contributed by atoms with Gasteiger partial charge in [0.1, 0.15) is 17.7 Å². The molecular formula is C25H40N4O6. The Bertz CT molecular complexity index is 851. The van der Waals surface area contributed by atoms with E-state index < -0.39 is 54.5 Å². The molecule has 0 aromatic heterocycles. The van der Waals surface area contributed by atoms with Crippen LogP contribution in [0.25, 0.3) is 0 Å². The summed E-state index contributed by atoms with van der Waals surface area (Å²) in [6.07, 6.45) is 1.02. The zero-order chi connectivity index (χ0) is 26.6. The van der Waals surface area contributed by atoms with E-state index >= 15 is 0 Å². The number of carbonyl (C=O) groups excluding carboxylic acids is 4. The van der Waals surface area contributed by atoms with E-state index in [1.807, 2.05) is 26.0 Å². The summed E-state index contributed by atoms with van der Waals surface area (Å²) in [5, 5.41) is 15.0. The fraction of sp³-hybridized carbons (Fsp3) is 0.600. The highest BCUT2D eigenvalue weighted by atomic mass is 16.6. The molecule has 1 aromatic rings. The molecule has 2 unspecified atom stereocenters. The second-order valence-corrected chi connectivity index (χ2v) is 9.27. The molecule has 0 aliphatic heterocycles. The molecule has 1 rings (SSSR count). The number of rotatable bonds is 13. The standard InChI is InChI=1S/C25H40N4O6/c1-6-8-13-27-22(32)21(18-11-9-17(7-2)10-12-18)29(14-15-30)23(33)19(16-20(26)31)28-24(34)35-25(3,4)5/h9-12,19,21,30H,6-8,13-16H2,1-5H3,(H2,26,31)(H,27,32)(H,28,34). The SMILES string of the molecule is CCCCNC(=O)C(c1ccc(CC)cc1)N(CCO)C(=O)C(CC(N)=O)NC(=O)OC(C)(C)C. The zero-order valence-corrected chi connectivity index (χ0v) is 21.4. The van der Waals surface area contributed by atoms with Crippen LogP contribution in [0.5, 0.6) is 0 Å². The summed E-state index contributed by atoms with van der Waals surface area (Å²) in [7, 11) is 0. The lowest BCUT2D eigenvalue weighted by Crippen LogP contribution is -2.54. The zero-order valence-electron chi connectivity index (χ0n) is 21.4. The minimum Gasteiger partial charge on any atom is -0.444 e. The van der Waals surface area contributed by atoms with Gasteiger partial charge in [-0.1, -0.05) is 44.5 Å². The van der Waals surface area contributed by atoms with Gasteiger partial charge < -0.3 is 31.1 Å². The first-order valence-electron chi connectivity index (χ1n) is 12.0. The van der Waals surface area contributed by atoms with Crippen LogP contribution in [0.1, 0.15) is 71.0 Å². The summed E-state index contributed by atoms with van der Waals surface area (Å²) in [4.78, 5) is 52.1. The topological polar surface area (TPSA) is 151 Å². The molecule has 5 N–H and O–H groups in total. The highest BCUT2D eigenvalue weighted by molar-refractivity contribution is 5.94. The Kier molecular flexibility index (Phi) is 12.2. The number of alkyl carbamates (subject to hydrolysis) is 1. The Hall–Kier alpha value is -3.14.